The number of fused-ring (bicyclic) bond motifs is 11. The van der Waals surface area contributed by atoms with Crippen LogP contribution in [0.5, 0.6) is 0 Å². The minimum Gasteiger partial charge on any atom is -0.437 e. The van der Waals surface area contributed by atoms with Crippen molar-refractivity contribution in [2.24, 2.45) is 4.99 Å². The van der Waals surface area contributed by atoms with Gasteiger partial charge in [-0.25, -0.2) is 4.98 Å². The van der Waals surface area contributed by atoms with E-state index in [2.05, 4.69) is 116 Å². The number of aromatic nitrogens is 2. The summed E-state index contributed by atoms with van der Waals surface area (Å²) >= 11 is 0. The van der Waals surface area contributed by atoms with Gasteiger partial charge in [-0.05, 0) is 72.2 Å². The summed E-state index contributed by atoms with van der Waals surface area (Å²) in [5.41, 5.74) is 11.8. The van der Waals surface area contributed by atoms with Crippen molar-refractivity contribution in [2.45, 2.75) is 84.0 Å². The minimum absolute atomic E-state index is 0.286. The first-order valence-electron chi connectivity index (χ1n) is 17.1. The van der Waals surface area contributed by atoms with Gasteiger partial charge in [-0.3, -0.25) is 4.99 Å². The molecule has 0 bridgehead atoms. The molecule has 2 aliphatic heterocycles. The largest absolute Gasteiger partial charge is 0.437 e. The van der Waals surface area contributed by atoms with Gasteiger partial charge in [-0.15, -0.1) is 0 Å². The van der Waals surface area contributed by atoms with Gasteiger partial charge in [-0.2, -0.15) is 4.57 Å². The fourth-order valence-corrected chi connectivity index (χ4v) is 9.50. The SMILES string of the molecule is C=C1C/N=C(/C=C\CCC)c2c(ccc3c2oc2ncccc23)CCC2c3ccccc3-c3cc(CC)c([Si](C)(C)C)c[n+]3C2C1. The van der Waals surface area contributed by atoms with Crippen molar-refractivity contribution in [3.05, 3.63) is 114 Å². The van der Waals surface area contributed by atoms with E-state index in [-0.39, 0.29) is 6.04 Å². The number of aryl methyl sites for hydroxylation is 2. The summed E-state index contributed by atoms with van der Waals surface area (Å²) in [6, 6.07) is 20.6. The monoisotopic (exact) mass is 624 g/mol. The normalized spacial score (nSPS) is 19.7. The number of pyridine rings is 2. The van der Waals surface area contributed by atoms with Crippen molar-refractivity contribution in [1.82, 2.24) is 4.98 Å². The lowest BCUT2D eigenvalue weighted by molar-refractivity contribution is -0.717. The van der Waals surface area contributed by atoms with E-state index in [1.165, 1.54) is 33.5 Å². The minimum atomic E-state index is -1.57. The van der Waals surface area contributed by atoms with Crippen LogP contribution in [0.15, 0.2) is 101 Å². The summed E-state index contributed by atoms with van der Waals surface area (Å²) < 4.78 is 9.18. The fourth-order valence-electron chi connectivity index (χ4n) is 7.76. The van der Waals surface area contributed by atoms with Crippen molar-refractivity contribution in [1.29, 1.82) is 0 Å². The molecule has 0 saturated heterocycles. The Morgan fingerprint density at radius 3 is 2.70 bits per heavy atom. The Morgan fingerprint density at radius 1 is 1.04 bits per heavy atom. The highest BCUT2D eigenvalue weighted by Gasteiger charge is 2.42. The molecule has 4 nitrogen and oxygen atoms in total. The molecule has 2 aliphatic rings. The van der Waals surface area contributed by atoms with Crippen molar-refractivity contribution in [3.63, 3.8) is 0 Å². The van der Waals surface area contributed by atoms with Crippen LogP contribution in [0, 0.1) is 0 Å². The van der Waals surface area contributed by atoms with Gasteiger partial charge >= 0.3 is 0 Å². The van der Waals surface area contributed by atoms with Gasteiger partial charge in [0, 0.05) is 51.7 Å². The molecule has 7 rings (SSSR count). The smallest absolute Gasteiger partial charge is 0.227 e. The molecule has 0 saturated carbocycles. The van der Waals surface area contributed by atoms with Crippen LogP contribution in [0.2, 0.25) is 19.6 Å². The number of benzene rings is 2. The number of hydrogen-bond donors (Lipinski definition) is 0. The molecular formula is C41H46N3OSi+. The zero-order chi connectivity index (χ0) is 32.0. The molecule has 2 aromatic carbocycles. The van der Waals surface area contributed by atoms with E-state index in [1.54, 1.807) is 11.4 Å². The Morgan fingerprint density at radius 2 is 1.89 bits per heavy atom. The lowest BCUT2D eigenvalue weighted by atomic mass is 9.77. The maximum absolute atomic E-state index is 6.54. The Bertz CT molecular complexity index is 2030. The van der Waals surface area contributed by atoms with E-state index >= 15 is 0 Å². The molecule has 46 heavy (non-hydrogen) atoms. The lowest BCUT2D eigenvalue weighted by Crippen LogP contribution is -2.53. The van der Waals surface area contributed by atoms with Gasteiger partial charge in [-0.1, -0.05) is 82.9 Å². The number of allylic oxidation sites excluding steroid dienone is 2. The molecule has 5 heteroatoms. The first-order chi connectivity index (χ1) is 22.3. The molecule has 0 spiro atoms. The second-order valence-corrected chi connectivity index (χ2v) is 19.2. The Kier molecular flexibility index (Phi) is 8.14. The number of aliphatic imine (C=N–C) groups is 1. The Hall–Kier alpha value is -4.09. The van der Waals surface area contributed by atoms with Crippen LogP contribution in [-0.4, -0.2) is 25.3 Å². The third-order valence-electron chi connectivity index (χ3n) is 10.0. The third-order valence-corrected chi connectivity index (χ3v) is 12.1. The first kappa shape index (κ1) is 30.6. The molecule has 0 N–H and O–H groups in total. The molecule has 0 amide bonds. The molecule has 234 valence electrons. The topological polar surface area (TPSA) is 42.3 Å². The van der Waals surface area contributed by atoms with Gasteiger partial charge in [0.05, 0.1) is 20.3 Å². The molecule has 0 radical (unpaired) electrons. The summed E-state index contributed by atoms with van der Waals surface area (Å²) in [6.07, 6.45) is 14.9. The van der Waals surface area contributed by atoms with Crippen LogP contribution in [0.4, 0.5) is 0 Å². The zero-order valence-electron chi connectivity index (χ0n) is 28.1. The van der Waals surface area contributed by atoms with E-state index in [0.717, 1.165) is 66.2 Å². The standard InChI is InChI=1S/C41H46N3OSi/c1-7-9-10-17-35-39-29(19-21-33-34-16-13-22-42-41(34)45-40(33)39)18-20-32-30-14-11-12-15-31(30)37-24-28(8-2)38(46(4,5)6)26-44(37)36(32)23-27(3)25-43-35/h10-17,19,21-22,24,26,32,36H,3,7-9,18,20,23,25H2,1-2,4-6H3/q+1/b17-10-,43-35-. The predicted molar refractivity (Wildman–Crippen MR) is 195 cm³/mol. The average Bonchev–Trinajstić information content (AvgIpc) is 3.42. The van der Waals surface area contributed by atoms with Crippen LogP contribution in [0.3, 0.4) is 0 Å². The van der Waals surface area contributed by atoms with Crippen molar-refractivity contribution < 1.29 is 8.98 Å². The Balaban J connectivity index is 1.42. The predicted octanol–water partition coefficient (Wildman–Crippen LogP) is 9.42. The Labute approximate surface area is 274 Å². The number of unbranched alkanes of at least 4 members (excludes halogenated alkanes) is 1. The van der Waals surface area contributed by atoms with E-state index in [4.69, 9.17) is 9.41 Å². The maximum Gasteiger partial charge on any atom is 0.227 e. The van der Waals surface area contributed by atoms with Crippen LogP contribution in [0.1, 0.15) is 73.7 Å². The highest BCUT2D eigenvalue weighted by Crippen LogP contribution is 2.44. The summed E-state index contributed by atoms with van der Waals surface area (Å²) in [5.74, 6) is 0.352. The van der Waals surface area contributed by atoms with Crippen molar-refractivity contribution in [2.75, 3.05) is 6.54 Å². The second-order valence-electron chi connectivity index (χ2n) is 14.2. The molecule has 2 unspecified atom stereocenters. The van der Waals surface area contributed by atoms with Crippen LogP contribution >= 0.6 is 0 Å². The van der Waals surface area contributed by atoms with Crippen LogP contribution in [0.25, 0.3) is 33.3 Å². The second kappa shape index (κ2) is 12.3. The molecule has 2 atom stereocenters. The van der Waals surface area contributed by atoms with E-state index in [0.29, 0.717) is 18.2 Å². The van der Waals surface area contributed by atoms with Gasteiger partial charge in [0.1, 0.15) is 5.58 Å². The first-order valence-corrected chi connectivity index (χ1v) is 20.6. The average molecular weight is 625 g/mol. The number of hydrogen-bond acceptors (Lipinski definition) is 3. The number of furan rings is 1. The summed E-state index contributed by atoms with van der Waals surface area (Å²) in [7, 11) is -1.57. The molecule has 0 fully saturated rings. The summed E-state index contributed by atoms with van der Waals surface area (Å²) in [6.45, 7) is 17.2. The van der Waals surface area contributed by atoms with Gasteiger partial charge < -0.3 is 4.42 Å². The summed E-state index contributed by atoms with van der Waals surface area (Å²) in [5, 5.41) is 3.72. The lowest BCUT2D eigenvalue weighted by Gasteiger charge is -2.33. The number of rotatable bonds is 5. The molecule has 3 aromatic heterocycles. The van der Waals surface area contributed by atoms with Crippen LogP contribution < -0.4 is 9.75 Å². The van der Waals surface area contributed by atoms with Crippen LogP contribution in [-0.2, 0) is 12.8 Å². The van der Waals surface area contributed by atoms with Gasteiger partial charge in [0.2, 0.25) is 11.4 Å². The fraction of sp³-hybridized carbons (Fsp3) is 0.341. The number of nitrogens with zero attached hydrogens (tertiary/aromatic N) is 3. The van der Waals surface area contributed by atoms with Gasteiger partial charge in [0.25, 0.3) is 0 Å². The molecule has 5 aromatic rings. The third kappa shape index (κ3) is 5.39. The quantitative estimate of drug-likeness (QED) is 0.111. The van der Waals surface area contributed by atoms with E-state index in [1.807, 2.05) is 6.07 Å². The highest BCUT2D eigenvalue weighted by molar-refractivity contribution is 6.89. The zero-order valence-corrected chi connectivity index (χ0v) is 29.1. The van der Waals surface area contributed by atoms with Crippen molar-refractivity contribution in [3.8, 4) is 11.3 Å². The molecular weight excluding hydrogens is 579 g/mol. The van der Waals surface area contributed by atoms with E-state index in [9.17, 15) is 0 Å². The summed E-state index contributed by atoms with van der Waals surface area (Å²) in [4.78, 5) is 9.88. The van der Waals surface area contributed by atoms with E-state index < -0.39 is 8.07 Å². The maximum atomic E-state index is 6.54. The molecule has 0 aliphatic carbocycles. The van der Waals surface area contributed by atoms with Crippen molar-refractivity contribution >= 4 is 41.0 Å². The van der Waals surface area contributed by atoms with Gasteiger partial charge in [0.15, 0.2) is 12.2 Å². The highest BCUT2D eigenvalue weighted by atomic mass is 28.3. The molecule has 5 heterocycles.